The Hall–Kier alpha value is -3.63. The predicted molar refractivity (Wildman–Crippen MR) is 116 cm³/mol. The molecule has 6 rings (SSSR count). The van der Waals surface area contributed by atoms with Crippen LogP contribution in [0.3, 0.4) is 0 Å². The number of H-pyrrole nitrogens is 3. The van der Waals surface area contributed by atoms with Gasteiger partial charge in [0.25, 0.3) is 0 Å². The van der Waals surface area contributed by atoms with Crippen LogP contribution in [0.25, 0.3) is 10.5 Å². The predicted octanol–water partition coefficient (Wildman–Crippen LogP) is 4.72. The summed E-state index contributed by atoms with van der Waals surface area (Å²) in [5.74, 6) is 0.723. The highest BCUT2D eigenvalue weighted by atomic mass is 32.3. The zero-order valence-electron chi connectivity index (χ0n) is 15.4. The lowest BCUT2D eigenvalue weighted by Gasteiger charge is -2.31. The topological polar surface area (TPSA) is 112 Å². The van der Waals surface area contributed by atoms with E-state index in [-0.39, 0.29) is 0 Å². The lowest BCUT2D eigenvalue weighted by Crippen LogP contribution is -2.04. The molecule has 1 atom stereocenters. The van der Waals surface area contributed by atoms with E-state index in [4.69, 9.17) is 8.81 Å². The van der Waals surface area contributed by atoms with Gasteiger partial charge in [-0.3, -0.25) is 5.10 Å². The summed E-state index contributed by atoms with van der Waals surface area (Å²) < 4.78 is 11.4. The van der Waals surface area contributed by atoms with Crippen LogP contribution in [0.4, 0.5) is 0 Å². The number of furan rings is 1. The third-order valence-electron chi connectivity index (χ3n) is 4.78. The molecule has 0 saturated heterocycles. The van der Waals surface area contributed by atoms with E-state index < -0.39 is 10.2 Å². The van der Waals surface area contributed by atoms with Gasteiger partial charge in [-0.2, -0.15) is 5.10 Å². The molecule has 1 aliphatic heterocycles. The molecule has 0 spiro atoms. The zero-order chi connectivity index (χ0) is 20.0. The van der Waals surface area contributed by atoms with Crippen LogP contribution in [-0.4, -0.2) is 35.8 Å². The van der Waals surface area contributed by atoms with Gasteiger partial charge in [0.05, 0.1) is 27.5 Å². The summed E-state index contributed by atoms with van der Waals surface area (Å²) in [5, 5.41) is 11.9. The van der Waals surface area contributed by atoms with Gasteiger partial charge < -0.3 is 14.4 Å². The smallest absolute Gasteiger partial charge is 0.171 e. The number of imidazole rings is 1. The van der Waals surface area contributed by atoms with E-state index in [0.717, 1.165) is 42.8 Å². The molecule has 148 valence electrons. The molecule has 6 heterocycles. The van der Waals surface area contributed by atoms with Gasteiger partial charge in [-0.15, -0.1) is 11.3 Å². The summed E-state index contributed by atoms with van der Waals surface area (Å²) in [7, 11) is -2.17. The molecular formula is C20H15N7OS2. The highest BCUT2D eigenvalue weighted by Crippen LogP contribution is 2.76. The lowest BCUT2D eigenvalue weighted by molar-refractivity contribution is 0.471. The fourth-order valence-corrected chi connectivity index (χ4v) is 7.57. The minimum atomic E-state index is -2.17. The Balaban J connectivity index is 1.78. The quantitative estimate of drug-likeness (QED) is 0.372. The van der Waals surface area contributed by atoms with E-state index in [2.05, 4.69) is 30.1 Å². The SMILES string of the molecule is c1c[nH]c(S2(c3ccco3)N=C(c3nccs3)C(c3ncc[nH]3)=C2c2ccn[nH]2)c1. The normalized spacial score (nSPS) is 21.0. The minimum absolute atomic E-state index is 0.723. The number of allylic oxidation sites excluding steroid dienone is 1. The van der Waals surface area contributed by atoms with E-state index >= 15 is 0 Å². The minimum Gasteiger partial charge on any atom is -0.457 e. The monoisotopic (exact) mass is 433 g/mol. The Morgan fingerprint density at radius 2 is 1.97 bits per heavy atom. The van der Waals surface area contributed by atoms with Gasteiger partial charge in [0.1, 0.15) is 16.5 Å². The Labute approximate surface area is 176 Å². The maximum atomic E-state index is 6.00. The van der Waals surface area contributed by atoms with Crippen LogP contribution in [0.2, 0.25) is 0 Å². The summed E-state index contributed by atoms with van der Waals surface area (Å²) in [5.41, 5.74) is 2.53. The second kappa shape index (κ2) is 6.71. The van der Waals surface area contributed by atoms with Gasteiger partial charge in [-0.05, 0) is 40.5 Å². The van der Waals surface area contributed by atoms with Crippen molar-refractivity contribution in [1.82, 2.24) is 30.1 Å². The zero-order valence-corrected chi connectivity index (χ0v) is 17.1. The molecular weight excluding hydrogens is 418 g/mol. The second-order valence-corrected chi connectivity index (χ2v) is 9.92. The van der Waals surface area contributed by atoms with Crippen molar-refractivity contribution in [2.45, 2.75) is 10.1 Å². The molecule has 1 unspecified atom stereocenters. The Morgan fingerprint density at radius 3 is 2.63 bits per heavy atom. The molecule has 0 saturated carbocycles. The molecule has 10 heteroatoms. The number of aromatic nitrogens is 6. The van der Waals surface area contributed by atoms with Crippen molar-refractivity contribution < 1.29 is 4.42 Å². The number of thiazole rings is 1. The van der Waals surface area contributed by atoms with Crippen LogP contribution >= 0.6 is 21.6 Å². The van der Waals surface area contributed by atoms with Crippen molar-refractivity contribution >= 4 is 37.7 Å². The number of aromatic amines is 3. The van der Waals surface area contributed by atoms with E-state index in [1.807, 2.05) is 48.1 Å². The van der Waals surface area contributed by atoms with Crippen LogP contribution in [0.1, 0.15) is 16.5 Å². The Morgan fingerprint density at radius 1 is 0.967 bits per heavy atom. The van der Waals surface area contributed by atoms with Gasteiger partial charge in [0.2, 0.25) is 0 Å². The number of hydrogen-bond donors (Lipinski definition) is 3. The third-order valence-corrected chi connectivity index (χ3v) is 8.73. The Kier molecular flexibility index (Phi) is 3.86. The summed E-state index contributed by atoms with van der Waals surface area (Å²) in [6, 6.07) is 9.83. The number of hydrogen-bond acceptors (Lipinski definition) is 6. The second-order valence-electron chi connectivity index (χ2n) is 6.44. The molecule has 5 aromatic heterocycles. The average Bonchev–Trinajstić information content (AvgIpc) is 3.62. The van der Waals surface area contributed by atoms with E-state index in [0.29, 0.717) is 0 Å². The molecule has 0 radical (unpaired) electrons. The first-order valence-corrected chi connectivity index (χ1v) is 11.6. The van der Waals surface area contributed by atoms with E-state index in [1.54, 1.807) is 36.2 Å². The van der Waals surface area contributed by atoms with E-state index in [1.165, 1.54) is 0 Å². The maximum absolute atomic E-state index is 6.00. The van der Waals surface area contributed by atoms with Crippen molar-refractivity contribution in [2.75, 3.05) is 0 Å². The first-order valence-electron chi connectivity index (χ1n) is 9.12. The molecule has 3 N–H and O–H groups in total. The number of nitrogens with zero attached hydrogens (tertiary/aromatic N) is 4. The molecule has 0 fully saturated rings. The summed E-state index contributed by atoms with van der Waals surface area (Å²) in [6.07, 6.45) is 10.7. The Bertz CT molecular complexity index is 1280. The average molecular weight is 434 g/mol. The van der Waals surface area contributed by atoms with Crippen LogP contribution in [0.15, 0.2) is 91.9 Å². The fraction of sp³-hybridized carbons (Fsp3) is 0. The summed E-state index contributed by atoms with van der Waals surface area (Å²) in [6.45, 7) is 0. The van der Waals surface area contributed by atoms with E-state index in [9.17, 15) is 0 Å². The first-order chi connectivity index (χ1) is 14.9. The first kappa shape index (κ1) is 17.2. The van der Waals surface area contributed by atoms with Crippen molar-refractivity contribution in [2.24, 2.45) is 4.40 Å². The van der Waals surface area contributed by atoms with Crippen LogP contribution < -0.4 is 0 Å². The molecule has 5 aromatic rings. The number of rotatable bonds is 5. The van der Waals surface area contributed by atoms with Gasteiger partial charge >= 0.3 is 0 Å². The molecule has 0 amide bonds. The lowest BCUT2D eigenvalue weighted by atomic mass is 10.1. The summed E-state index contributed by atoms with van der Waals surface area (Å²) >= 11 is 1.54. The summed E-state index contributed by atoms with van der Waals surface area (Å²) in [4.78, 5) is 16.7. The van der Waals surface area contributed by atoms with Gasteiger partial charge in [-0.1, -0.05) is 0 Å². The fourth-order valence-electron chi connectivity index (χ4n) is 3.61. The van der Waals surface area contributed by atoms with Crippen LogP contribution in [0.5, 0.6) is 0 Å². The largest absolute Gasteiger partial charge is 0.457 e. The third kappa shape index (κ3) is 2.41. The molecule has 0 aliphatic carbocycles. The van der Waals surface area contributed by atoms with Crippen LogP contribution in [-0.2, 0) is 0 Å². The van der Waals surface area contributed by atoms with Crippen molar-refractivity contribution in [3.8, 4) is 0 Å². The van der Waals surface area contributed by atoms with Crippen molar-refractivity contribution in [3.05, 3.63) is 89.5 Å². The maximum Gasteiger partial charge on any atom is 0.171 e. The highest BCUT2D eigenvalue weighted by molar-refractivity contribution is 8.40. The standard InChI is InChI=1S/C20H15N7OS2/c1-3-14(21-6-1)30(15-4-2-11-28-15)18(13-5-7-25-26-13)16(19-22-8-9-23-19)17(27-30)20-24-10-12-29-20/h1-12,21H,(H,22,23)(H,25,26). The van der Waals surface area contributed by atoms with Crippen LogP contribution in [0, 0.1) is 0 Å². The van der Waals surface area contributed by atoms with Gasteiger partial charge in [0, 0.05) is 36.4 Å². The molecule has 0 bridgehead atoms. The van der Waals surface area contributed by atoms with Crippen molar-refractivity contribution in [1.29, 1.82) is 0 Å². The van der Waals surface area contributed by atoms with Gasteiger partial charge in [0.15, 0.2) is 5.09 Å². The van der Waals surface area contributed by atoms with Gasteiger partial charge in [-0.25, -0.2) is 14.4 Å². The molecule has 8 nitrogen and oxygen atoms in total. The van der Waals surface area contributed by atoms with Crippen molar-refractivity contribution in [3.63, 3.8) is 0 Å². The molecule has 0 aromatic carbocycles. The highest BCUT2D eigenvalue weighted by Gasteiger charge is 2.47. The molecule has 30 heavy (non-hydrogen) atoms. The number of nitrogens with one attached hydrogen (secondary N) is 3. The molecule has 1 aliphatic rings.